The highest BCUT2D eigenvalue weighted by molar-refractivity contribution is 5.28. The summed E-state index contributed by atoms with van der Waals surface area (Å²) in [5.41, 5.74) is 1.34. The molecule has 0 bridgehead atoms. The van der Waals surface area contributed by atoms with Crippen LogP contribution in [0.25, 0.3) is 5.78 Å². The van der Waals surface area contributed by atoms with Crippen LogP contribution in [-0.4, -0.2) is 19.6 Å². The molecule has 4 nitrogen and oxygen atoms in total. The quantitative estimate of drug-likeness (QED) is 0.725. The molecule has 0 saturated carbocycles. The highest BCUT2D eigenvalue weighted by atomic mass is 15.3. The Labute approximate surface area is 83.0 Å². The zero-order chi connectivity index (χ0) is 10.2. The molecule has 0 aliphatic heterocycles. The molecule has 0 N–H and O–H groups in total. The Morgan fingerprint density at radius 2 is 2.14 bits per heavy atom. The van der Waals surface area contributed by atoms with Gasteiger partial charge in [-0.2, -0.15) is 10.1 Å². The second kappa shape index (κ2) is 3.04. The monoisotopic (exact) mass is 190 g/mol. The maximum absolute atomic E-state index is 4.24. The number of aromatic nitrogens is 4. The minimum Gasteiger partial charge on any atom is -0.219 e. The summed E-state index contributed by atoms with van der Waals surface area (Å²) >= 11 is 0. The van der Waals surface area contributed by atoms with Gasteiger partial charge in [0.2, 0.25) is 0 Å². The molecular formula is C10H14N4. The van der Waals surface area contributed by atoms with E-state index in [1.54, 1.807) is 4.52 Å². The van der Waals surface area contributed by atoms with Crippen LogP contribution >= 0.6 is 0 Å². The van der Waals surface area contributed by atoms with Crippen molar-refractivity contribution >= 4 is 5.78 Å². The third-order valence-electron chi connectivity index (χ3n) is 2.80. The molecule has 2 aromatic rings. The number of hydrogen-bond acceptors (Lipinski definition) is 3. The van der Waals surface area contributed by atoms with Crippen LogP contribution in [-0.2, 0) is 5.41 Å². The van der Waals surface area contributed by atoms with Crippen LogP contribution in [0.15, 0.2) is 18.7 Å². The van der Waals surface area contributed by atoms with Crippen LogP contribution in [0.5, 0.6) is 0 Å². The van der Waals surface area contributed by atoms with E-state index in [4.69, 9.17) is 0 Å². The van der Waals surface area contributed by atoms with Gasteiger partial charge < -0.3 is 0 Å². The van der Waals surface area contributed by atoms with Crippen LogP contribution in [0, 0.1) is 0 Å². The molecule has 0 amide bonds. The van der Waals surface area contributed by atoms with Gasteiger partial charge in [-0.15, -0.1) is 0 Å². The molecule has 14 heavy (non-hydrogen) atoms. The maximum atomic E-state index is 4.24. The Balaban J connectivity index is 2.53. The molecule has 2 aromatic heterocycles. The van der Waals surface area contributed by atoms with Gasteiger partial charge in [-0.05, 0) is 17.4 Å². The van der Waals surface area contributed by atoms with Crippen LogP contribution < -0.4 is 0 Å². The fourth-order valence-electron chi connectivity index (χ4n) is 1.27. The van der Waals surface area contributed by atoms with E-state index < -0.39 is 0 Å². The van der Waals surface area contributed by atoms with E-state index in [1.165, 1.54) is 11.9 Å². The third-order valence-corrected chi connectivity index (χ3v) is 2.80. The predicted molar refractivity (Wildman–Crippen MR) is 54.1 cm³/mol. The van der Waals surface area contributed by atoms with Gasteiger partial charge in [-0.3, -0.25) is 0 Å². The van der Waals surface area contributed by atoms with Gasteiger partial charge in [-0.25, -0.2) is 9.50 Å². The molecular weight excluding hydrogens is 176 g/mol. The number of fused-ring (bicyclic) bond motifs is 1. The Morgan fingerprint density at radius 3 is 2.86 bits per heavy atom. The van der Waals surface area contributed by atoms with Crippen LogP contribution in [0.2, 0.25) is 0 Å². The molecule has 0 aliphatic rings. The van der Waals surface area contributed by atoms with Crippen molar-refractivity contribution in [3.05, 3.63) is 24.3 Å². The van der Waals surface area contributed by atoms with Crippen molar-refractivity contribution in [3.63, 3.8) is 0 Å². The molecule has 74 valence electrons. The van der Waals surface area contributed by atoms with E-state index in [2.05, 4.69) is 35.8 Å². The van der Waals surface area contributed by atoms with Crippen LogP contribution in [0.1, 0.15) is 32.8 Å². The van der Waals surface area contributed by atoms with Crippen LogP contribution in [0.3, 0.4) is 0 Å². The lowest BCUT2D eigenvalue weighted by Crippen LogP contribution is -2.16. The Kier molecular flexibility index (Phi) is 1.98. The van der Waals surface area contributed by atoms with Crippen molar-refractivity contribution in [1.82, 2.24) is 19.6 Å². The van der Waals surface area contributed by atoms with Gasteiger partial charge in [0.15, 0.2) is 0 Å². The minimum atomic E-state index is 0.146. The fraction of sp³-hybridized carbons (Fsp3) is 0.500. The molecule has 0 radical (unpaired) electrons. The van der Waals surface area contributed by atoms with Gasteiger partial charge >= 0.3 is 0 Å². The second-order valence-electron chi connectivity index (χ2n) is 4.08. The smallest absolute Gasteiger partial charge is 0.219 e. The first-order chi connectivity index (χ1) is 6.63. The van der Waals surface area contributed by atoms with Crippen molar-refractivity contribution in [2.24, 2.45) is 0 Å². The molecule has 0 saturated heterocycles. The van der Waals surface area contributed by atoms with E-state index in [0.29, 0.717) is 5.78 Å². The molecule has 0 aliphatic carbocycles. The van der Waals surface area contributed by atoms with E-state index in [0.717, 1.165) is 6.42 Å². The molecule has 2 rings (SSSR count). The van der Waals surface area contributed by atoms with Crippen LogP contribution in [0.4, 0.5) is 0 Å². The molecule has 0 fully saturated rings. The SMILES string of the molecule is CCC(C)(C)c1cnc2ncnn2c1. The zero-order valence-electron chi connectivity index (χ0n) is 8.73. The van der Waals surface area contributed by atoms with Crippen molar-refractivity contribution in [3.8, 4) is 0 Å². The Hall–Kier alpha value is -1.45. The predicted octanol–water partition coefficient (Wildman–Crippen LogP) is 1.81. The number of hydrogen-bond donors (Lipinski definition) is 0. The summed E-state index contributed by atoms with van der Waals surface area (Å²) < 4.78 is 1.72. The lowest BCUT2D eigenvalue weighted by Gasteiger charge is -2.22. The van der Waals surface area contributed by atoms with Crippen molar-refractivity contribution < 1.29 is 0 Å². The summed E-state index contributed by atoms with van der Waals surface area (Å²) in [5.74, 6) is 0.653. The average molecular weight is 190 g/mol. The molecule has 0 aromatic carbocycles. The van der Waals surface area contributed by atoms with Crippen molar-refractivity contribution in [2.45, 2.75) is 32.6 Å². The lowest BCUT2D eigenvalue weighted by atomic mass is 9.84. The summed E-state index contributed by atoms with van der Waals surface area (Å²) in [5, 5.41) is 4.07. The molecule has 2 heterocycles. The van der Waals surface area contributed by atoms with Gasteiger partial charge in [0, 0.05) is 12.4 Å². The molecule has 0 spiro atoms. The summed E-state index contributed by atoms with van der Waals surface area (Å²) in [6, 6.07) is 0. The summed E-state index contributed by atoms with van der Waals surface area (Å²) in [4.78, 5) is 8.25. The van der Waals surface area contributed by atoms with E-state index in [-0.39, 0.29) is 5.41 Å². The summed E-state index contributed by atoms with van der Waals surface area (Å²) in [7, 11) is 0. The standard InChI is InChI=1S/C10H14N4/c1-4-10(2,3)8-5-11-9-12-7-13-14(9)6-8/h5-7H,4H2,1-3H3. The number of rotatable bonds is 2. The molecule has 0 unspecified atom stereocenters. The Bertz CT molecular complexity index is 444. The molecule has 0 atom stereocenters. The highest BCUT2D eigenvalue weighted by Gasteiger charge is 2.19. The second-order valence-corrected chi connectivity index (χ2v) is 4.08. The topological polar surface area (TPSA) is 43.1 Å². The van der Waals surface area contributed by atoms with Crippen molar-refractivity contribution in [1.29, 1.82) is 0 Å². The lowest BCUT2D eigenvalue weighted by molar-refractivity contribution is 0.500. The van der Waals surface area contributed by atoms with Gasteiger partial charge in [0.25, 0.3) is 5.78 Å². The fourth-order valence-corrected chi connectivity index (χ4v) is 1.27. The summed E-state index contributed by atoms with van der Waals surface area (Å²) in [6.07, 6.45) is 6.48. The van der Waals surface area contributed by atoms with Gasteiger partial charge in [0.1, 0.15) is 6.33 Å². The normalized spacial score (nSPS) is 12.2. The first-order valence-electron chi connectivity index (χ1n) is 4.79. The van der Waals surface area contributed by atoms with E-state index >= 15 is 0 Å². The average Bonchev–Trinajstić information content (AvgIpc) is 2.64. The van der Waals surface area contributed by atoms with Gasteiger partial charge in [-0.1, -0.05) is 20.8 Å². The first-order valence-corrected chi connectivity index (χ1v) is 4.79. The van der Waals surface area contributed by atoms with E-state index in [1.807, 2.05) is 12.4 Å². The number of nitrogens with zero attached hydrogens (tertiary/aromatic N) is 4. The van der Waals surface area contributed by atoms with Gasteiger partial charge in [0.05, 0.1) is 0 Å². The maximum Gasteiger partial charge on any atom is 0.252 e. The highest BCUT2D eigenvalue weighted by Crippen LogP contribution is 2.25. The largest absolute Gasteiger partial charge is 0.252 e. The third kappa shape index (κ3) is 1.36. The Morgan fingerprint density at radius 1 is 1.36 bits per heavy atom. The van der Waals surface area contributed by atoms with Crippen molar-refractivity contribution in [2.75, 3.05) is 0 Å². The summed E-state index contributed by atoms with van der Waals surface area (Å²) in [6.45, 7) is 6.57. The first kappa shape index (κ1) is 9.12. The zero-order valence-corrected chi connectivity index (χ0v) is 8.73. The molecule has 4 heteroatoms. The minimum absolute atomic E-state index is 0.146. The van der Waals surface area contributed by atoms with E-state index in [9.17, 15) is 0 Å².